The number of carboxylic acids is 1. The van der Waals surface area contributed by atoms with Crippen LogP contribution in [0.25, 0.3) is 0 Å². The highest BCUT2D eigenvalue weighted by Crippen LogP contribution is 2.01. The Labute approximate surface area is 112 Å². The van der Waals surface area contributed by atoms with Crippen molar-refractivity contribution in [3.05, 3.63) is 0 Å². The summed E-state index contributed by atoms with van der Waals surface area (Å²) >= 11 is 0. The zero-order valence-electron chi connectivity index (χ0n) is 11.0. The number of carbonyl (C=O) groups excluding carboxylic acids is 1. The molecular weight excluding hydrogens is 256 g/mol. The first kappa shape index (κ1) is 17.8. The molecule has 0 aliphatic heterocycles. The van der Waals surface area contributed by atoms with E-state index < -0.39 is 5.97 Å². The number of ether oxygens (including phenoxy) is 3. The maximum atomic E-state index is 11.2. The fourth-order valence-electron chi connectivity index (χ4n) is 1.22. The van der Waals surface area contributed by atoms with Crippen LogP contribution in [0.15, 0.2) is 0 Å². The number of carboxylic acid groups (broad SMARTS) is 1. The summed E-state index contributed by atoms with van der Waals surface area (Å²) in [6.07, 6.45) is 1.29. The molecule has 0 saturated carbocycles. The molecule has 19 heavy (non-hydrogen) atoms. The van der Waals surface area contributed by atoms with Crippen molar-refractivity contribution >= 4 is 11.9 Å². The number of carbonyl (C=O) groups is 2. The maximum absolute atomic E-state index is 11.2. The van der Waals surface area contributed by atoms with E-state index in [1.54, 1.807) is 0 Å². The first-order chi connectivity index (χ1) is 9.16. The first-order valence-corrected chi connectivity index (χ1v) is 6.30. The van der Waals surface area contributed by atoms with E-state index in [0.717, 1.165) is 0 Å². The molecule has 7 heteroatoms. The van der Waals surface area contributed by atoms with Crippen LogP contribution < -0.4 is 0 Å². The molecule has 0 heterocycles. The van der Waals surface area contributed by atoms with E-state index in [1.807, 2.05) is 0 Å². The second-order valence-corrected chi connectivity index (χ2v) is 3.77. The Bertz CT molecular complexity index is 242. The Hall–Kier alpha value is -1.18. The number of aliphatic carboxylic acids is 1. The minimum atomic E-state index is -0.856. The van der Waals surface area contributed by atoms with Crippen molar-refractivity contribution in [1.82, 2.24) is 0 Å². The topological polar surface area (TPSA) is 102 Å². The van der Waals surface area contributed by atoms with Gasteiger partial charge in [-0.25, -0.2) is 0 Å². The normalized spacial score (nSPS) is 10.4. The lowest BCUT2D eigenvalue weighted by Gasteiger charge is -2.06. The third-order valence-corrected chi connectivity index (χ3v) is 2.12. The fraction of sp³-hybridized carbons (Fsp3) is 0.833. The van der Waals surface area contributed by atoms with Crippen LogP contribution in [-0.4, -0.2) is 61.8 Å². The van der Waals surface area contributed by atoms with Gasteiger partial charge in [-0.15, -0.1) is 0 Å². The van der Waals surface area contributed by atoms with Crippen molar-refractivity contribution < 1.29 is 34.0 Å². The minimum Gasteiger partial charge on any atom is -0.481 e. The first-order valence-electron chi connectivity index (χ1n) is 6.30. The van der Waals surface area contributed by atoms with Crippen LogP contribution in [0.3, 0.4) is 0 Å². The quantitative estimate of drug-likeness (QED) is 0.366. The van der Waals surface area contributed by atoms with Crippen molar-refractivity contribution in [3.8, 4) is 0 Å². The molecule has 7 nitrogen and oxygen atoms in total. The summed E-state index contributed by atoms with van der Waals surface area (Å²) < 4.78 is 15.0. The lowest BCUT2D eigenvalue weighted by Crippen LogP contribution is -2.13. The summed E-state index contributed by atoms with van der Waals surface area (Å²) in [6.45, 7) is 1.52. The summed E-state index contributed by atoms with van der Waals surface area (Å²) in [5, 5.41) is 16.8. The highest BCUT2D eigenvalue weighted by Gasteiger charge is 2.03. The molecule has 0 unspecified atom stereocenters. The smallest absolute Gasteiger partial charge is 0.305 e. The maximum Gasteiger partial charge on any atom is 0.305 e. The Balaban J connectivity index is 3.18. The second kappa shape index (κ2) is 13.3. The fourth-order valence-corrected chi connectivity index (χ4v) is 1.22. The van der Waals surface area contributed by atoms with Crippen LogP contribution in [0.5, 0.6) is 0 Å². The van der Waals surface area contributed by atoms with Gasteiger partial charge in [0.05, 0.1) is 33.0 Å². The third-order valence-electron chi connectivity index (χ3n) is 2.12. The Morgan fingerprint density at radius 1 is 0.842 bits per heavy atom. The van der Waals surface area contributed by atoms with Crippen molar-refractivity contribution in [1.29, 1.82) is 0 Å². The predicted molar refractivity (Wildman–Crippen MR) is 65.8 cm³/mol. The number of unbranched alkanes of at least 4 members (excludes halogenated alkanes) is 1. The molecule has 0 aromatic heterocycles. The van der Waals surface area contributed by atoms with Gasteiger partial charge < -0.3 is 24.4 Å². The van der Waals surface area contributed by atoms with Gasteiger partial charge in [0, 0.05) is 12.8 Å². The van der Waals surface area contributed by atoms with Crippen molar-refractivity contribution in [2.75, 3.05) is 39.6 Å². The average molecular weight is 278 g/mol. The van der Waals surface area contributed by atoms with Crippen LogP contribution in [0.2, 0.25) is 0 Å². The van der Waals surface area contributed by atoms with E-state index in [1.165, 1.54) is 0 Å². The molecule has 0 aromatic rings. The average Bonchev–Trinajstić information content (AvgIpc) is 2.37. The summed E-state index contributed by atoms with van der Waals surface area (Å²) in [4.78, 5) is 21.4. The summed E-state index contributed by atoms with van der Waals surface area (Å²) in [5.41, 5.74) is 0. The van der Waals surface area contributed by atoms with E-state index in [4.69, 9.17) is 24.4 Å². The molecule has 0 aliphatic rings. The number of esters is 1. The zero-order valence-corrected chi connectivity index (χ0v) is 11.0. The van der Waals surface area contributed by atoms with Gasteiger partial charge in [-0.3, -0.25) is 9.59 Å². The van der Waals surface area contributed by atoms with Crippen molar-refractivity contribution in [3.63, 3.8) is 0 Å². The molecule has 0 radical (unpaired) electrons. The molecule has 0 aliphatic carbocycles. The largest absolute Gasteiger partial charge is 0.481 e. The van der Waals surface area contributed by atoms with Crippen LogP contribution in [0.4, 0.5) is 0 Å². The van der Waals surface area contributed by atoms with Crippen molar-refractivity contribution in [2.24, 2.45) is 0 Å². The monoisotopic (exact) mass is 278 g/mol. The standard InChI is InChI=1S/C12H22O7/c13-5-6-17-7-8-18-9-10-19-12(16)4-2-1-3-11(14)15/h13H,1-10H2,(H,14,15). The van der Waals surface area contributed by atoms with Gasteiger partial charge >= 0.3 is 11.9 Å². The lowest BCUT2D eigenvalue weighted by molar-refractivity contribution is -0.146. The Kier molecular flexibility index (Phi) is 12.4. The van der Waals surface area contributed by atoms with E-state index >= 15 is 0 Å². The van der Waals surface area contributed by atoms with E-state index in [9.17, 15) is 9.59 Å². The van der Waals surface area contributed by atoms with Crippen LogP contribution >= 0.6 is 0 Å². The molecule has 2 N–H and O–H groups in total. The predicted octanol–water partition coefficient (Wildman–Crippen LogP) is 0.200. The Morgan fingerprint density at radius 3 is 2.05 bits per heavy atom. The summed E-state index contributed by atoms with van der Waals surface area (Å²) in [6, 6.07) is 0. The zero-order chi connectivity index (χ0) is 14.3. The molecule has 0 spiro atoms. The summed E-state index contributed by atoms with van der Waals surface area (Å²) in [5.74, 6) is -1.20. The molecule has 0 atom stereocenters. The molecular formula is C12H22O7. The van der Waals surface area contributed by atoms with E-state index in [2.05, 4.69) is 0 Å². The van der Waals surface area contributed by atoms with Gasteiger partial charge in [-0.2, -0.15) is 0 Å². The van der Waals surface area contributed by atoms with Gasteiger partial charge in [0.1, 0.15) is 6.61 Å². The SMILES string of the molecule is O=C(O)CCCCC(=O)OCCOCCOCCO. The van der Waals surface area contributed by atoms with Crippen molar-refractivity contribution in [2.45, 2.75) is 25.7 Å². The number of hydrogen-bond acceptors (Lipinski definition) is 6. The van der Waals surface area contributed by atoms with Gasteiger partial charge in [0.25, 0.3) is 0 Å². The molecule has 112 valence electrons. The molecule has 0 aromatic carbocycles. The molecule has 0 amide bonds. The molecule has 0 saturated heterocycles. The molecule has 0 rings (SSSR count). The number of aliphatic hydroxyl groups excluding tert-OH is 1. The van der Waals surface area contributed by atoms with Gasteiger partial charge in [-0.05, 0) is 12.8 Å². The highest BCUT2D eigenvalue weighted by molar-refractivity contribution is 5.69. The van der Waals surface area contributed by atoms with Crippen LogP contribution in [-0.2, 0) is 23.8 Å². The number of rotatable bonds is 13. The van der Waals surface area contributed by atoms with Gasteiger partial charge in [0.15, 0.2) is 0 Å². The summed E-state index contributed by atoms with van der Waals surface area (Å²) in [7, 11) is 0. The minimum absolute atomic E-state index is 0.0144. The highest BCUT2D eigenvalue weighted by atomic mass is 16.6. The molecule has 0 bridgehead atoms. The van der Waals surface area contributed by atoms with Gasteiger partial charge in [0.2, 0.25) is 0 Å². The van der Waals surface area contributed by atoms with E-state index in [-0.39, 0.29) is 38.6 Å². The van der Waals surface area contributed by atoms with Crippen LogP contribution in [0.1, 0.15) is 25.7 Å². The Morgan fingerprint density at radius 2 is 1.42 bits per heavy atom. The van der Waals surface area contributed by atoms with Crippen LogP contribution in [0, 0.1) is 0 Å². The van der Waals surface area contributed by atoms with Gasteiger partial charge in [-0.1, -0.05) is 0 Å². The molecule has 0 fully saturated rings. The number of hydrogen-bond donors (Lipinski definition) is 2. The van der Waals surface area contributed by atoms with E-state index in [0.29, 0.717) is 32.7 Å². The lowest BCUT2D eigenvalue weighted by atomic mass is 10.2. The second-order valence-electron chi connectivity index (χ2n) is 3.77. The third kappa shape index (κ3) is 14.8. The number of aliphatic hydroxyl groups is 1.